The van der Waals surface area contributed by atoms with Crippen LogP contribution in [0.5, 0.6) is 0 Å². The van der Waals surface area contributed by atoms with Gasteiger partial charge in [-0.3, -0.25) is 9.69 Å². The first-order valence-corrected chi connectivity index (χ1v) is 7.67. The average molecular weight is 307 g/mol. The SMILES string of the molecule is CC(C)N(CC(=O)Nc1ccccc1C#N)Cc1ccccc1. The van der Waals surface area contributed by atoms with Crippen LogP contribution in [0, 0.1) is 11.3 Å². The third kappa shape index (κ3) is 4.94. The molecule has 0 saturated heterocycles. The average Bonchev–Trinajstić information content (AvgIpc) is 2.55. The number of rotatable bonds is 6. The van der Waals surface area contributed by atoms with E-state index in [2.05, 4.69) is 42.3 Å². The highest BCUT2D eigenvalue weighted by Crippen LogP contribution is 2.14. The Hall–Kier alpha value is -2.64. The lowest BCUT2D eigenvalue weighted by Gasteiger charge is -2.26. The van der Waals surface area contributed by atoms with Gasteiger partial charge in [0.2, 0.25) is 5.91 Å². The van der Waals surface area contributed by atoms with Gasteiger partial charge in [-0.2, -0.15) is 5.26 Å². The van der Waals surface area contributed by atoms with Crippen LogP contribution in [0.3, 0.4) is 0 Å². The summed E-state index contributed by atoms with van der Waals surface area (Å²) in [5, 5.41) is 11.9. The minimum absolute atomic E-state index is 0.114. The third-order valence-electron chi connectivity index (χ3n) is 3.63. The smallest absolute Gasteiger partial charge is 0.238 e. The number of anilines is 1. The van der Waals surface area contributed by atoms with E-state index in [0.29, 0.717) is 17.8 Å². The van der Waals surface area contributed by atoms with Crippen molar-refractivity contribution in [3.63, 3.8) is 0 Å². The lowest BCUT2D eigenvalue weighted by molar-refractivity contribution is -0.117. The van der Waals surface area contributed by atoms with Crippen molar-refractivity contribution in [2.75, 3.05) is 11.9 Å². The second-order valence-electron chi connectivity index (χ2n) is 5.69. The minimum atomic E-state index is -0.114. The molecule has 2 aromatic carbocycles. The van der Waals surface area contributed by atoms with Crippen molar-refractivity contribution >= 4 is 11.6 Å². The summed E-state index contributed by atoms with van der Waals surface area (Å²) in [6.45, 7) is 5.14. The Balaban J connectivity index is 2.02. The highest BCUT2D eigenvalue weighted by Gasteiger charge is 2.15. The van der Waals surface area contributed by atoms with Crippen molar-refractivity contribution in [2.45, 2.75) is 26.4 Å². The molecule has 0 aliphatic heterocycles. The Bertz CT molecular complexity index is 689. The molecule has 1 amide bonds. The third-order valence-corrected chi connectivity index (χ3v) is 3.63. The summed E-state index contributed by atoms with van der Waals surface area (Å²) < 4.78 is 0. The number of carbonyl (C=O) groups excluding carboxylic acids is 1. The van der Waals surface area contributed by atoms with Crippen LogP contribution in [0.4, 0.5) is 5.69 Å². The summed E-state index contributed by atoms with van der Waals surface area (Å²) in [6.07, 6.45) is 0. The molecule has 0 heterocycles. The van der Waals surface area contributed by atoms with E-state index in [1.807, 2.05) is 18.2 Å². The molecule has 0 atom stereocenters. The van der Waals surface area contributed by atoms with Crippen LogP contribution in [0.2, 0.25) is 0 Å². The Morgan fingerprint density at radius 3 is 2.43 bits per heavy atom. The van der Waals surface area contributed by atoms with Crippen LogP contribution >= 0.6 is 0 Å². The standard InChI is InChI=1S/C19H21N3O/c1-15(2)22(13-16-8-4-3-5-9-16)14-19(23)21-18-11-7-6-10-17(18)12-20/h3-11,15H,13-14H2,1-2H3,(H,21,23). The molecule has 0 radical (unpaired) electrons. The first-order chi connectivity index (χ1) is 11.1. The minimum Gasteiger partial charge on any atom is -0.324 e. The number of nitriles is 1. The molecule has 0 aliphatic rings. The molecule has 0 fully saturated rings. The molecule has 118 valence electrons. The second-order valence-corrected chi connectivity index (χ2v) is 5.69. The Kier molecular flexibility index (Phi) is 5.90. The maximum atomic E-state index is 12.3. The topological polar surface area (TPSA) is 56.1 Å². The Morgan fingerprint density at radius 1 is 1.13 bits per heavy atom. The van der Waals surface area contributed by atoms with Crippen molar-refractivity contribution < 1.29 is 4.79 Å². The van der Waals surface area contributed by atoms with Gasteiger partial charge >= 0.3 is 0 Å². The maximum Gasteiger partial charge on any atom is 0.238 e. The van der Waals surface area contributed by atoms with Crippen LogP contribution < -0.4 is 5.32 Å². The van der Waals surface area contributed by atoms with Gasteiger partial charge in [-0.15, -0.1) is 0 Å². The zero-order valence-corrected chi connectivity index (χ0v) is 13.5. The summed E-state index contributed by atoms with van der Waals surface area (Å²) in [6, 6.07) is 19.4. The van der Waals surface area contributed by atoms with Gasteiger partial charge in [0.15, 0.2) is 0 Å². The molecule has 2 aromatic rings. The lowest BCUT2D eigenvalue weighted by Crippen LogP contribution is -2.37. The molecule has 4 heteroatoms. The maximum absolute atomic E-state index is 12.3. The highest BCUT2D eigenvalue weighted by atomic mass is 16.2. The predicted molar refractivity (Wildman–Crippen MR) is 91.8 cm³/mol. The first-order valence-electron chi connectivity index (χ1n) is 7.67. The van der Waals surface area contributed by atoms with Gasteiger partial charge in [-0.1, -0.05) is 42.5 Å². The summed E-state index contributed by atoms with van der Waals surface area (Å²) in [7, 11) is 0. The predicted octanol–water partition coefficient (Wildman–Crippen LogP) is 3.41. The molecular weight excluding hydrogens is 286 g/mol. The van der Waals surface area contributed by atoms with Crippen LogP contribution in [0.25, 0.3) is 0 Å². The fourth-order valence-corrected chi connectivity index (χ4v) is 2.30. The lowest BCUT2D eigenvalue weighted by atomic mass is 10.2. The van der Waals surface area contributed by atoms with E-state index in [9.17, 15) is 4.79 Å². The first kappa shape index (κ1) is 16.7. The van der Waals surface area contributed by atoms with Crippen molar-refractivity contribution in [2.24, 2.45) is 0 Å². The second kappa shape index (κ2) is 8.11. The zero-order valence-electron chi connectivity index (χ0n) is 13.5. The van der Waals surface area contributed by atoms with Gasteiger partial charge in [0, 0.05) is 12.6 Å². The molecule has 0 aliphatic carbocycles. The molecule has 1 N–H and O–H groups in total. The van der Waals surface area contributed by atoms with Crippen LogP contribution in [0.15, 0.2) is 54.6 Å². The summed E-state index contributed by atoms with van der Waals surface area (Å²) in [4.78, 5) is 14.4. The number of benzene rings is 2. The van der Waals surface area contributed by atoms with Gasteiger partial charge < -0.3 is 5.32 Å². The Morgan fingerprint density at radius 2 is 1.78 bits per heavy atom. The number of hydrogen-bond donors (Lipinski definition) is 1. The van der Waals surface area contributed by atoms with E-state index < -0.39 is 0 Å². The zero-order chi connectivity index (χ0) is 16.7. The molecule has 0 bridgehead atoms. The number of amides is 1. The van der Waals surface area contributed by atoms with Crippen LogP contribution in [-0.2, 0) is 11.3 Å². The van der Waals surface area contributed by atoms with E-state index in [0.717, 1.165) is 0 Å². The van der Waals surface area contributed by atoms with Crippen LogP contribution in [-0.4, -0.2) is 23.4 Å². The number of carbonyl (C=O) groups is 1. The molecule has 23 heavy (non-hydrogen) atoms. The fraction of sp³-hybridized carbons (Fsp3) is 0.263. The van der Waals surface area contributed by atoms with Crippen LogP contribution in [0.1, 0.15) is 25.0 Å². The van der Waals surface area contributed by atoms with Gasteiger partial charge in [0.25, 0.3) is 0 Å². The molecule has 0 spiro atoms. The summed E-state index contributed by atoms with van der Waals surface area (Å²) in [5.41, 5.74) is 2.20. The quantitative estimate of drug-likeness (QED) is 0.890. The fourth-order valence-electron chi connectivity index (χ4n) is 2.30. The number of para-hydroxylation sites is 1. The van der Waals surface area contributed by atoms with E-state index in [1.54, 1.807) is 24.3 Å². The van der Waals surface area contributed by atoms with Gasteiger partial charge in [0.1, 0.15) is 6.07 Å². The van der Waals surface area contributed by atoms with Crippen molar-refractivity contribution in [1.82, 2.24) is 4.90 Å². The molecule has 0 unspecified atom stereocenters. The van der Waals surface area contributed by atoms with E-state index in [4.69, 9.17) is 5.26 Å². The summed E-state index contributed by atoms with van der Waals surface area (Å²) >= 11 is 0. The summed E-state index contributed by atoms with van der Waals surface area (Å²) in [5.74, 6) is -0.114. The largest absolute Gasteiger partial charge is 0.324 e. The normalized spacial score (nSPS) is 10.6. The van der Waals surface area contributed by atoms with Gasteiger partial charge in [-0.25, -0.2) is 0 Å². The van der Waals surface area contributed by atoms with E-state index in [-0.39, 0.29) is 18.5 Å². The van der Waals surface area contributed by atoms with Crippen molar-refractivity contribution in [3.8, 4) is 6.07 Å². The molecule has 0 saturated carbocycles. The molecule has 4 nitrogen and oxygen atoms in total. The highest BCUT2D eigenvalue weighted by molar-refractivity contribution is 5.93. The number of nitrogens with one attached hydrogen (secondary N) is 1. The van der Waals surface area contributed by atoms with Crippen molar-refractivity contribution in [3.05, 3.63) is 65.7 Å². The number of nitrogens with zero attached hydrogens (tertiary/aromatic N) is 2. The van der Waals surface area contributed by atoms with Crippen molar-refractivity contribution in [1.29, 1.82) is 5.26 Å². The number of hydrogen-bond acceptors (Lipinski definition) is 3. The monoisotopic (exact) mass is 307 g/mol. The van der Waals surface area contributed by atoms with E-state index in [1.165, 1.54) is 5.56 Å². The molecule has 2 rings (SSSR count). The van der Waals surface area contributed by atoms with E-state index >= 15 is 0 Å². The van der Waals surface area contributed by atoms with Gasteiger partial charge in [-0.05, 0) is 31.5 Å². The molecular formula is C19H21N3O. The molecule has 0 aromatic heterocycles. The Labute approximate surface area is 137 Å². The van der Waals surface area contributed by atoms with Gasteiger partial charge in [0.05, 0.1) is 17.8 Å².